The normalized spacial score (nSPS) is 38.9. The van der Waals surface area contributed by atoms with Gasteiger partial charge in [-0.3, -0.25) is 19.2 Å². The van der Waals surface area contributed by atoms with Gasteiger partial charge in [0.1, 0.15) is 12.2 Å². The van der Waals surface area contributed by atoms with E-state index in [0.717, 1.165) is 0 Å². The Labute approximate surface area is 202 Å². The van der Waals surface area contributed by atoms with Crippen molar-refractivity contribution in [2.45, 2.75) is 60.7 Å². The highest BCUT2D eigenvalue weighted by Crippen LogP contribution is 2.69. The van der Waals surface area contributed by atoms with Crippen LogP contribution in [-0.4, -0.2) is 67.6 Å². The van der Waals surface area contributed by atoms with Gasteiger partial charge in [-0.05, 0) is 23.3 Å². The largest absolute Gasteiger partial charge is 0.473 e. The summed E-state index contributed by atoms with van der Waals surface area (Å²) in [6.45, 7) is 2.60. The number of carbonyl (C=O) groups excluding carboxylic acids is 4. The Morgan fingerprint density at radius 1 is 0.853 bits per heavy atom. The number of hydrogen-bond donors (Lipinski definition) is 0. The first-order valence-electron chi connectivity index (χ1n) is 10.7. The summed E-state index contributed by atoms with van der Waals surface area (Å²) < 4.78 is 21.9. The summed E-state index contributed by atoms with van der Waals surface area (Å²) in [7, 11) is 2.69. The molecule has 12 heteroatoms. The first-order valence-corrected chi connectivity index (χ1v) is 12.8. The third-order valence-electron chi connectivity index (χ3n) is 6.76. The van der Waals surface area contributed by atoms with Crippen molar-refractivity contribution >= 4 is 45.3 Å². The Hall–Kier alpha value is -2.86. The molecule has 2 spiro atoms. The van der Waals surface area contributed by atoms with Crippen LogP contribution in [0.3, 0.4) is 0 Å². The van der Waals surface area contributed by atoms with E-state index in [-0.39, 0.29) is 24.7 Å². The third-order valence-corrected chi connectivity index (χ3v) is 10.3. The van der Waals surface area contributed by atoms with Gasteiger partial charge in [-0.1, -0.05) is 21.6 Å². The van der Waals surface area contributed by atoms with Gasteiger partial charge in [0, 0.05) is 26.7 Å². The van der Waals surface area contributed by atoms with Gasteiger partial charge in [0.05, 0.1) is 37.1 Å². The number of amides is 2. The van der Waals surface area contributed by atoms with Gasteiger partial charge in [-0.25, -0.2) is 0 Å². The van der Waals surface area contributed by atoms with E-state index in [1.165, 1.54) is 60.5 Å². The van der Waals surface area contributed by atoms with Crippen molar-refractivity contribution in [2.24, 2.45) is 0 Å². The second kappa shape index (κ2) is 7.32. The molecule has 178 valence electrons. The maximum atomic E-state index is 14.2. The smallest absolute Gasteiger partial charge is 0.303 e. The zero-order valence-electron chi connectivity index (χ0n) is 18.2. The Kier molecular flexibility index (Phi) is 4.66. The van der Waals surface area contributed by atoms with Crippen LogP contribution in [-0.2, 0) is 38.1 Å². The SMILES string of the molecule is CC(=O)O[C@H]1C=COC=C2CC34SS[C@]5(CC6=COC=C[C@H](OC(C)=O)[C@H]6N5C3=O)C(=O)N4[C@@H]21. The van der Waals surface area contributed by atoms with Crippen LogP contribution in [0.5, 0.6) is 0 Å². The quantitative estimate of drug-likeness (QED) is 0.407. The van der Waals surface area contributed by atoms with Gasteiger partial charge in [-0.15, -0.1) is 0 Å². The summed E-state index contributed by atoms with van der Waals surface area (Å²) in [5.74, 6) is -1.51. The highest BCUT2D eigenvalue weighted by Gasteiger charge is 2.77. The van der Waals surface area contributed by atoms with Gasteiger partial charge >= 0.3 is 11.9 Å². The number of carbonyl (C=O) groups is 4. The highest BCUT2D eigenvalue weighted by atomic mass is 33.1. The van der Waals surface area contributed by atoms with E-state index in [1.807, 2.05) is 0 Å². The Morgan fingerprint density at radius 2 is 1.26 bits per heavy atom. The van der Waals surface area contributed by atoms with E-state index in [9.17, 15) is 19.2 Å². The minimum absolute atomic E-state index is 0.224. The summed E-state index contributed by atoms with van der Waals surface area (Å²) in [4.78, 5) is 52.8. The van der Waals surface area contributed by atoms with Gasteiger partial charge in [-0.2, -0.15) is 0 Å². The predicted molar refractivity (Wildman–Crippen MR) is 119 cm³/mol. The third kappa shape index (κ3) is 2.72. The fraction of sp³-hybridized carbons (Fsp3) is 0.455. The molecule has 0 radical (unpaired) electrons. The van der Waals surface area contributed by atoms with E-state index < -0.39 is 46.0 Å². The van der Waals surface area contributed by atoms with Crippen molar-refractivity contribution in [1.82, 2.24) is 9.80 Å². The monoisotopic (exact) mass is 504 g/mol. The standard InChI is InChI=1S/C22H20N2O8S2/c1-11(25)31-15-3-5-29-9-13-7-21-20(28)24-18-14(10-30-6-4-16(18)32-12(2)26)8-22(24,34-33-21)19(27)23(21)17(13)15/h3-6,9-10,15-18H,7-8H2,1-2H3/t15-,16-,17-,18-,21+,22?/m0/s1. The molecule has 5 fully saturated rings. The van der Waals surface area contributed by atoms with E-state index in [1.54, 1.807) is 22.0 Å². The predicted octanol–water partition coefficient (Wildman–Crippen LogP) is 1.71. The van der Waals surface area contributed by atoms with Gasteiger partial charge in [0.15, 0.2) is 9.74 Å². The number of esters is 2. The summed E-state index contributed by atoms with van der Waals surface area (Å²) in [5, 5.41) is 0. The van der Waals surface area contributed by atoms with Crippen LogP contribution in [0.25, 0.3) is 0 Å². The maximum Gasteiger partial charge on any atom is 0.303 e. The maximum absolute atomic E-state index is 14.2. The second-order valence-electron chi connectivity index (χ2n) is 8.79. The molecular formula is C22H20N2O8S2. The number of fused-ring (bicyclic) bond motifs is 3. The molecule has 6 atom stereocenters. The number of rotatable bonds is 2. The van der Waals surface area contributed by atoms with Gasteiger partial charge in [0.25, 0.3) is 11.8 Å². The Bertz CT molecular complexity index is 1060. The van der Waals surface area contributed by atoms with Crippen LogP contribution in [0, 0.1) is 0 Å². The fourth-order valence-corrected chi connectivity index (χ4v) is 9.33. The van der Waals surface area contributed by atoms with Crippen LogP contribution < -0.4 is 0 Å². The summed E-state index contributed by atoms with van der Waals surface area (Å²) in [5.41, 5.74) is 1.39. The molecule has 34 heavy (non-hydrogen) atoms. The lowest BCUT2D eigenvalue weighted by atomic mass is 10.0. The summed E-state index contributed by atoms with van der Waals surface area (Å²) >= 11 is 0. The molecule has 5 saturated heterocycles. The van der Waals surface area contributed by atoms with E-state index in [0.29, 0.717) is 11.1 Å². The van der Waals surface area contributed by atoms with E-state index >= 15 is 0 Å². The number of hydrogen-bond acceptors (Lipinski definition) is 10. The lowest BCUT2D eigenvalue weighted by Gasteiger charge is -2.58. The van der Waals surface area contributed by atoms with Crippen LogP contribution >= 0.6 is 21.6 Å². The lowest BCUT2D eigenvalue weighted by Crippen LogP contribution is -2.77. The first kappa shape index (κ1) is 21.7. The topological polar surface area (TPSA) is 112 Å². The molecule has 0 aromatic heterocycles. The van der Waals surface area contributed by atoms with Gasteiger partial charge < -0.3 is 28.7 Å². The molecule has 0 saturated carbocycles. The van der Waals surface area contributed by atoms with Gasteiger partial charge in [0.2, 0.25) is 0 Å². The van der Waals surface area contributed by atoms with Crippen molar-refractivity contribution in [3.05, 3.63) is 48.3 Å². The molecule has 1 unspecified atom stereocenters. The fourth-order valence-electron chi connectivity index (χ4n) is 5.62. The van der Waals surface area contributed by atoms with Crippen molar-refractivity contribution in [3.8, 4) is 0 Å². The van der Waals surface area contributed by atoms with Crippen molar-refractivity contribution in [3.63, 3.8) is 0 Å². The molecule has 7 aliphatic heterocycles. The van der Waals surface area contributed by atoms with Crippen molar-refractivity contribution in [2.75, 3.05) is 0 Å². The molecule has 10 nitrogen and oxygen atoms in total. The number of ether oxygens (including phenoxy) is 4. The number of piperazine rings is 1. The van der Waals surface area contributed by atoms with Crippen molar-refractivity contribution < 1.29 is 38.1 Å². The zero-order chi connectivity index (χ0) is 23.8. The average Bonchev–Trinajstić information content (AvgIpc) is 3.14. The molecule has 0 aromatic rings. The molecule has 0 aromatic carbocycles. The highest BCUT2D eigenvalue weighted by molar-refractivity contribution is 8.78. The summed E-state index contributed by atoms with van der Waals surface area (Å²) in [6.07, 6.45) is 7.91. The number of nitrogens with zero attached hydrogens (tertiary/aromatic N) is 2. The molecule has 0 N–H and O–H groups in total. The Morgan fingerprint density at radius 3 is 1.65 bits per heavy atom. The molecule has 7 heterocycles. The van der Waals surface area contributed by atoms with Crippen LogP contribution in [0.1, 0.15) is 26.7 Å². The lowest BCUT2D eigenvalue weighted by molar-refractivity contribution is -0.171. The summed E-state index contributed by atoms with van der Waals surface area (Å²) in [6, 6.07) is -1.32. The van der Waals surface area contributed by atoms with Crippen LogP contribution in [0.15, 0.2) is 48.3 Å². The Balaban J connectivity index is 1.46. The molecule has 0 aliphatic carbocycles. The minimum Gasteiger partial charge on any atom is -0.473 e. The molecule has 7 rings (SSSR count). The van der Waals surface area contributed by atoms with E-state index in [4.69, 9.17) is 18.9 Å². The van der Waals surface area contributed by atoms with E-state index in [2.05, 4.69) is 0 Å². The molecule has 2 bridgehead atoms. The molecule has 7 aliphatic rings. The molecular weight excluding hydrogens is 484 g/mol. The second-order valence-corrected chi connectivity index (χ2v) is 11.5. The minimum atomic E-state index is -1.24. The molecule has 2 amide bonds. The van der Waals surface area contributed by atoms with Crippen molar-refractivity contribution in [1.29, 1.82) is 0 Å². The zero-order valence-corrected chi connectivity index (χ0v) is 19.8. The first-order chi connectivity index (χ1) is 16.3. The van der Waals surface area contributed by atoms with Crippen LogP contribution in [0.4, 0.5) is 0 Å². The van der Waals surface area contributed by atoms with Crippen LogP contribution in [0.2, 0.25) is 0 Å². The average molecular weight is 505 g/mol.